The van der Waals surface area contributed by atoms with E-state index in [1.165, 1.54) is 0 Å². The number of benzene rings is 4. The Morgan fingerprint density at radius 3 is 2.08 bits per heavy atom. The lowest BCUT2D eigenvalue weighted by Crippen LogP contribution is -2.58. The molecule has 0 bridgehead atoms. The first-order chi connectivity index (χ1) is 24.7. The molecule has 4 N–H and O–H groups in total. The van der Waals surface area contributed by atoms with Crippen LogP contribution in [0.15, 0.2) is 103 Å². The van der Waals surface area contributed by atoms with Crippen molar-refractivity contribution in [3.05, 3.63) is 137 Å². The number of nitrogens with zero attached hydrogens (tertiary/aromatic N) is 1. The van der Waals surface area contributed by atoms with Crippen molar-refractivity contribution in [2.45, 2.75) is 77.1 Å². The predicted octanol–water partition coefficient (Wildman–Crippen LogP) is 5.22. The zero-order valence-corrected chi connectivity index (χ0v) is 29.8. The minimum atomic E-state index is -1.02. The van der Waals surface area contributed by atoms with Crippen molar-refractivity contribution in [3.63, 3.8) is 0 Å². The molecule has 0 saturated carbocycles. The fraction of sp³-hybridized carbons (Fsp3) is 0.357. The Bertz CT molecular complexity index is 1730. The van der Waals surface area contributed by atoms with E-state index in [-0.39, 0.29) is 30.9 Å². The number of amides is 4. The molecule has 0 unspecified atom stereocenters. The van der Waals surface area contributed by atoms with Crippen LogP contribution in [-0.2, 0) is 28.9 Å². The number of urea groups is 1. The third kappa shape index (κ3) is 10.9. The topological polar surface area (TPSA) is 120 Å². The summed E-state index contributed by atoms with van der Waals surface area (Å²) in [4.78, 5) is 42.3. The van der Waals surface area contributed by atoms with Crippen LogP contribution in [0.4, 0.5) is 4.79 Å². The summed E-state index contributed by atoms with van der Waals surface area (Å²) in [5, 5.41) is 21.0. The van der Waals surface area contributed by atoms with Crippen LogP contribution < -0.4 is 20.7 Å². The third-order valence-corrected chi connectivity index (χ3v) is 9.37. The van der Waals surface area contributed by atoms with Gasteiger partial charge >= 0.3 is 6.03 Å². The van der Waals surface area contributed by atoms with Crippen LogP contribution in [0, 0.1) is 20.8 Å². The first kappa shape index (κ1) is 37.1. The normalized spacial score (nSPS) is 15.2. The molecule has 51 heavy (non-hydrogen) atoms. The Balaban J connectivity index is 1.36. The van der Waals surface area contributed by atoms with Crippen molar-refractivity contribution >= 4 is 17.8 Å². The smallest absolute Gasteiger partial charge is 0.318 e. The van der Waals surface area contributed by atoms with E-state index in [0.717, 1.165) is 39.8 Å². The van der Waals surface area contributed by atoms with Crippen LogP contribution in [0.1, 0.15) is 46.2 Å². The van der Waals surface area contributed by atoms with E-state index in [1.807, 2.05) is 124 Å². The van der Waals surface area contributed by atoms with Crippen LogP contribution in [0.25, 0.3) is 0 Å². The summed E-state index contributed by atoms with van der Waals surface area (Å²) >= 11 is 0. The van der Waals surface area contributed by atoms with Gasteiger partial charge < -0.3 is 30.7 Å². The molecule has 1 aliphatic heterocycles. The number of aryl methyl sites for hydroxylation is 3. The minimum Gasteiger partial charge on any atom is -0.483 e. The van der Waals surface area contributed by atoms with Crippen molar-refractivity contribution in [2.75, 3.05) is 19.7 Å². The number of carbonyl (C=O) groups excluding carboxylic acids is 3. The summed E-state index contributed by atoms with van der Waals surface area (Å²) in [5.74, 6) is 0.0315. The van der Waals surface area contributed by atoms with Gasteiger partial charge in [0.25, 0.3) is 5.91 Å². The van der Waals surface area contributed by atoms with E-state index < -0.39 is 24.2 Å². The minimum absolute atomic E-state index is 0.166. The lowest BCUT2D eigenvalue weighted by molar-refractivity contribution is -0.127. The molecule has 0 aromatic heterocycles. The third-order valence-electron chi connectivity index (χ3n) is 9.37. The van der Waals surface area contributed by atoms with E-state index in [4.69, 9.17) is 4.74 Å². The molecule has 5 rings (SSSR count). The summed E-state index contributed by atoms with van der Waals surface area (Å²) in [6.07, 6.45) is 1.08. The highest BCUT2D eigenvalue weighted by Gasteiger charge is 2.34. The molecular formula is C42H50N4O5. The second-order valence-corrected chi connectivity index (χ2v) is 13.6. The maximum absolute atomic E-state index is 14.3. The Kier molecular flexibility index (Phi) is 13.2. The number of ether oxygens (including phenoxy) is 1. The number of para-hydroxylation sites is 1. The van der Waals surface area contributed by atoms with Gasteiger partial charge in [-0.3, -0.25) is 9.59 Å². The number of hydrogen-bond donors (Lipinski definition) is 4. The zero-order chi connectivity index (χ0) is 36.2. The molecule has 1 fully saturated rings. The van der Waals surface area contributed by atoms with Crippen molar-refractivity contribution in [1.82, 2.24) is 20.9 Å². The van der Waals surface area contributed by atoms with Gasteiger partial charge in [0.15, 0.2) is 6.61 Å². The molecule has 9 heteroatoms. The molecule has 1 saturated heterocycles. The number of aliphatic hydroxyl groups is 1. The van der Waals surface area contributed by atoms with Gasteiger partial charge in [-0.05, 0) is 74.3 Å². The highest BCUT2D eigenvalue weighted by Crippen LogP contribution is 2.22. The summed E-state index contributed by atoms with van der Waals surface area (Å²) < 4.78 is 5.93. The Labute approximate surface area is 301 Å². The van der Waals surface area contributed by atoms with Crippen LogP contribution in [0.5, 0.6) is 5.75 Å². The Hall–Kier alpha value is -5.15. The molecule has 9 nitrogen and oxygen atoms in total. The largest absolute Gasteiger partial charge is 0.483 e. The molecule has 268 valence electrons. The number of aliphatic hydroxyl groups excluding tert-OH is 1. The van der Waals surface area contributed by atoms with Gasteiger partial charge in [0.05, 0.1) is 12.1 Å². The maximum Gasteiger partial charge on any atom is 0.318 e. The van der Waals surface area contributed by atoms with Gasteiger partial charge in [-0.2, -0.15) is 0 Å². The van der Waals surface area contributed by atoms with Gasteiger partial charge in [-0.25, -0.2) is 4.79 Å². The molecule has 0 spiro atoms. The highest BCUT2D eigenvalue weighted by atomic mass is 16.5. The van der Waals surface area contributed by atoms with Gasteiger partial charge in [-0.1, -0.05) is 109 Å². The Morgan fingerprint density at radius 1 is 0.804 bits per heavy atom. The fourth-order valence-corrected chi connectivity index (χ4v) is 6.76. The Morgan fingerprint density at radius 2 is 1.43 bits per heavy atom. The van der Waals surface area contributed by atoms with E-state index in [2.05, 4.69) is 16.0 Å². The quantitative estimate of drug-likeness (QED) is 0.129. The molecule has 4 aromatic carbocycles. The van der Waals surface area contributed by atoms with E-state index >= 15 is 0 Å². The zero-order valence-electron chi connectivity index (χ0n) is 29.8. The monoisotopic (exact) mass is 690 g/mol. The average Bonchev–Trinajstić information content (AvgIpc) is 3.11. The first-order valence-corrected chi connectivity index (χ1v) is 17.8. The lowest BCUT2D eigenvalue weighted by Gasteiger charge is -2.35. The van der Waals surface area contributed by atoms with Crippen LogP contribution in [0.3, 0.4) is 0 Å². The number of rotatable bonds is 16. The second kappa shape index (κ2) is 18.2. The van der Waals surface area contributed by atoms with Gasteiger partial charge in [0.1, 0.15) is 11.8 Å². The van der Waals surface area contributed by atoms with Crippen molar-refractivity contribution in [3.8, 4) is 5.75 Å². The number of nitrogens with one attached hydrogen (secondary N) is 3. The molecule has 0 radical (unpaired) electrons. The molecular weight excluding hydrogens is 640 g/mol. The summed E-state index contributed by atoms with van der Waals surface area (Å²) in [5.41, 5.74) is 5.85. The standard InChI is InChI=1S/C42H50N4O5/c1-29-13-10-20-34(23-29)26-37(46-22-12-21-43-42(46)50)41(49)44-35(24-32-16-6-4-7-17-32)27-38(47)36(25-33-18-8-5-9-19-33)45-39(48)28-51-40-30(2)14-11-15-31(40)3/h4-11,13-20,23,35-38,47H,12,21-22,24-28H2,1-3H3,(H,43,50)(H,44,49)(H,45,48)/t35-,36-,37-,38-/m0/s1. The van der Waals surface area contributed by atoms with E-state index in [9.17, 15) is 19.5 Å². The average molecular weight is 691 g/mol. The summed E-state index contributed by atoms with van der Waals surface area (Å²) in [7, 11) is 0. The van der Waals surface area contributed by atoms with E-state index in [1.54, 1.807) is 4.90 Å². The van der Waals surface area contributed by atoms with Crippen LogP contribution in [0.2, 0.25) is 0 Å². The molecule has 0 aliphatic carbocycles. The predicted molar refractivity (Wildman–Crippen MR) is 200 cm³/mol. The number of hydrogen-bond acceptors (Lipinski definition) is 5. The van der Waals surface area contributed by atoms with Crippen LogP contribution in [-0.4, -0.2) is 71.8 Å². The molecule has 4 aromatic rings. The van der Waals surface area contributed by atoms with Crippen LogP contribution >= 0.6 is 0 Å². The van der Waals surface area contributed by atoms with E-state index in [0.29, 0.717) is 38.1 Å². The van der Waals surface area contributed by atoms with Gasteiger partial charge in [0.2, 0.25) is 5.91 Å². The molecule has 1 heterocycles. The molecule has 1 aliphatic rings. The lowest BCUT2D eigenvalue weighted by atomic mass is 9.93. The van der Waals surface area contributed by atoms with Crippen molar-refractivity contribution in [2.24, 2.45) is 0 Å². The van der Waals surface area contributed by atoms with Crippen molar-refractivity contribution < 1.29 is 24.2 Å². The molecule has 4 amide bonds. The molecule has 4 atom stereocenters. The first-order valence-electron chi connectivity index (χ1n) is 17.8. The summed E-state index contributed by atoms with van der Waals surface area (Å²) in [6.45, 7) is 6.72. The highest BCUT2D eigenvalue weighted by molar-refractivity contribution is 5.88. The summed E-state index contributed by atoms with van der Waals surface area (Å²) in [6, 6.07) is 31.1. The van der Waals surface area contributed by atoms with Gasteiger partial charge in [0, 0.05) is 25.6 Å². The fourth-order valence-electron chi connectivity index (χ4n) is 6.76. The number of carbonyl (C=O) groups is 3. The van der Waals surface area contributed by atoms with Crippen molar-refractivity contribution in [1.29, 1.82) is 0 Å². The SMILES string of the molecule is Cc1cccc(C[C@@H](C(=O)N[C@@H](Cc2ccccc2)C[C@H](O)[C@H](Cc2ccccc2)NC(=O)COc2c(C)cccc2C)N2CCCNC2=O)c1. The van der Waals surface area contributed by atoms with Gasteiger partial charge in [-0.15, -0.1) is 0 Å². The second-order valence-electron chi connectivity index (χ2n) is 13.6. The maximum atomic E-state index is 14.3.